The van der Waals surface area contributed by atoms with Crippen LogP contribution in [-0.4, -0.2) is 105 Å². The van der Waals surface area contributed by atoms with E-state index in [-0.39, 0.29) is 36.1 Å². The van der Waals surface area contributed by atoms with Crippen molar-refractivity contribution in [3.8, 4) is 0 Å². The van der Waals surface area contributed by atoms with Crippen molar-refractivity contribution in [3.05, 3.63) is 29.3 Å². The van der Waals surface area contributed by atoms with Gasteiger partial charge in [0.1, 0.15) is 22.9 Å². The molecule has 4 N–H and O–H groups in total. The van der Waals surface area contributed by atoms with Crippen LogP contribution in [0.25, 0.3) is 10.2 Å². The average molecular weight is 541 g/mol. The monoisotopic (exact) mass is 540 g/mol. The number of fused-ring (bicyclic) bond motifs is 1. The summed E-state index contributed by atoms with van der Waals surface area (Å²) >= 11 is 1.40. The number of likely N-dealkylation sites (tertiary alicyclic amines) is 2. The molecule has 4 aliphatic rings. The summed E-state index contributed by atoms with van der Waals surface area (Å²) in [5, 5.41) is 34.1. The first-order valence-corrected chi connectivity index (χ1v) is 13.9. The van der Waals surface area contributed by atoms with E-state index in [4.69, 9.17) is 9.98 Å². The second kappa shape index (κ2) is 9.67. The third kappa shape index (κ3) is 4.19. The number of thiazole rings is 1. The molecule has 1 aromatic heterocycles. The minimum atomic E-state index is -1.17. The van der Waals surface area contributed by atoms with Gasteiger partial charge in [0.2, 0.25) is 17.8 Å². The number of aliphatic hydroxyl groups is 3. The molecule has 0 radical (unpaired) electrons. The van der Waals surface area contributed by atoms with E-state index in [0.29, 0.717) is 36.9 Å². The number of hydrogen-bond donors (Lipinski definition) is 4. The first-order valence-electron chi connectivity index (χ1n) is 13.1. The summed E-state index contributed by atoms with van der Waals surface area (Å²) in [6.07, 6.45) is 0.226. The second-order valence-corrected chi connectivity index (χ2v) is 11.9. The Kier molecular flexibility index (Phi) is 6.45. The summed E-state index contributed by atoms with van der Waals surface area (Å²) in [6.45, 7) is 1.66. The predicted molar refractivity (Wildman–Crippen MR) is 142 cm³/mol. The number of nitrogens with zero attached hydrogens (tertiary/aromatic N) is 5. The number of amides is 2. The fourth-order valence-corrected chi connectivity index (χ4v) is 7.24. The highest BCUT2D eigenvalue weighted by Crippen LogP contribution is 2.41. The number of amidine groups is 1. The SMILES string of the molecule is CN1CCC2(CCN(C3=NC(=N[C@@H]4C[C@H](CO)[C@@H](O)[C@H]4O)C(c4nc5ccccc5s4)C(=O)N3)CC2)C1=O. The number of rotatable bonds is 3. The van der Waals surface area contributed by atoms with Gasteiger partial charge in [-0.1, -0.05) is 12.1 Å². The number of piperidine rings is 1. The van der Waals surface area contributed by atoms with Crippen LogP contribution in [0.3, 0.4) is 0 Å². The Morgan fingerprint density at radius 2 is 1.87 bits per heavy atom. The molecule has 38 heavy (non-hydrogen) atoms. The first kappa shape index (κ1) is 25.4. The van der Waals surface area contributed by atoms with Crippen molar-refractivity contribution in [2.75, 3.05) is 33.3 Å². The normalized spacial score (nSPS) is 32.5. The van der Waals surface area contributed by atoms with Gasteiger partial charge in [-0.15, -0.1) is 11.3 Å². The highest BCUT2D eigenvalue weighted by Gasteiger charge is 2.48. The molecule has 2 aromatic rings. The third-order valence-electron chi connectivity index (χ3n) is 8.58. The van der Waals surface area contributed by atoms with Crippen LogP contribution in [0.5, 0.6) is 0 Å². The number of carbonyl (C=O) groups excluding carboxylic acids is 2. The summed E-state index contributed by atoms with van der Waals surface area (Å²) in [5.41, 5.74) is 0.438. The van der Waals surface area contributed by atoms with Crippen molar-refractivity contribution in [2.45, 2.75) is 49.9 Å². The topological polar surface area (TPSA) is 151 Å². The van der Waals surface area contributed by atoms with Gasteiger partial charge < -0.3 is 25.1 Å². The van der Waals surface area contributed by atoms with Gasteiger partial charge in [0.25, 0.3) is 0 Å². The van der Waals surface area contributed by atoms with Gasteiger partial charge in [-0.05, 0) is 37.8 Å². The maximum Gasteiger partial charge on any atom is 0.244 e. The molecular formula is C26H32N6O5S. The van der Waals surface area contributed by atoms with E-state index in [1.165, 1.54) is 11.3 Å². The molecule has 4 heterocycles. The summed E-state index contributed by atoms with van der Waals surface area (Å²) < 4.78 is 0.939. The minimum absolute atomic E-state index is 0.192. The zero-order valence-corrected chi connectivity index (χ0v) is 22.0. The molecule has 6 rings (SSSR count). The van der Waals surface area contributed by atoms with E-state index in [1.807, 2.05) is 36.2 Å². The molecule has 1 aliphatic carbocycles. The van der Waals surface area contributed by atoms with Crippen molar-refractivity contribution < 1.29 is 24.9 Å². The van der Waals surface area contributed by atoms with E-state index < -0.39 is 30.1 Å². The van der Waals surface area contributed by atoms with Gasteiger partial charge in [0.15, 0.2) is 0 Å². The smallest absolute Gasteiger partial charge is 0.244 e. The number of aliphatic hydroxyl groups excluding tert-OH is 3. The molecule has 3 aliphatic heterocycles. The van der Waals surface area contributed by atoms with Gasteiger partial charge in [0, 0.05) is 39.2 Å². The Bertz CT molecular complexity index is 1290. The van der Waals surface area contributed by atoms with Crippen LogP contribution in [0.4, 0.5) is 0 Å². The summed E-state index contributed by atoms with van der Waals surface area (Å²) in [4.78, 5) is 44.3. The Labute approximate surface area is 223 Å². The van der Waals surface area contributed by atoms with Crippen LogP contribution < -0.4 is 5.32 Å². The van der Waals surface area contributed by atoms with Crippen LogP contribution >= 0.6 is 11.3 Å². The first-order chi connectivity index (χ1) is 18.3. The third-order valence-corrected chi connectivity index (χ3v) is 9.68. The minimum Gasteiger partial charge on any atom is -0.396 e. The zero-order chi connectivity index (χ0) is 26.6. The van der Waals surface area contributed by atoms with Crippen LogP contribution in [0, 0.1) is 11.3 Å². The highest BCUT2D eigenvalue weighted by atomic mass is 32.1. The summed E-state index contributed by atoms with van der Waals surface area (Å²) in [5.74, 6) is -0.869. The van der Waals surface area contributed by atoms with Crippen LogP contribution in [0.1, 0.15) is 36.6 Å². The molecule has 12 heteroatoms. The van der Waals surface area contributed by atoms with E-state index in [9.17, 15) is 24.9 Å². The van der Waals surface area contributed by atoms with Crippen molar-refractivity contribution in [1.82, 2.24) is 20.1 Å². The largest absolute Gasteiger partial charge is 0.396 e. The van der Waals surface area contributed by atoms with Gasteiger partial charge >= 0.3 is 0 Å². The van der Waals surface area contributed by atoms with E-state index in [1.54, 1.807) is 4.90 Å². The molecule has 3 fully saturated rings. The lowest BCUT2D eigenvalue weighted by Crippen LogP contribution is -2.54. The van der Waals surface area contributed by atoms with Gasteiger partial charge in [-0.3, -0.25) is 19.9 Å². The molecule has 2 saturated heterocycles. The second-order valence-electron chi connectivity index (χ2n) is 10.8. The predicted octanol–water partition coefficient (Wildman–Crippen LogP) is 0.311. The molecule has 202 valence electrons. The van der Waals surface area contributed by atoms with Crippen LogP contribution in [0.15, 0.2) is 34.3 Å². The maximum atomic E-state index is 13.6. The zero-order valence-electron chi connectivity index (χ0n) is 21.2. The fraction of sp³-hybridized carbons (Fsp3) is 0.577. The Balaban J connectivity index is 1.33. The molecule has 0 bridgehead atoms. The fourth-order valence-electron chi connectivity index (χ4n) is 6.17. The molecule has 2 amide bonds. The number of nitrogens with one attached hydrogen (secondary N) is 1. The van der Waals surface area contributed by atoms with E-state index in [2.05, 4.69) is 10.3 Å². The number of aromatic nitrogens is 1. The summed E-state index contributed by atoms with van der Waals surface area (Å²) in [7, 11) is 1.84. The Morgan fingerprint density at radius 1 is 1.13 bits per heavy atom. The van der Waals surface area contributed by atoms with Crippen molar-refractivity contribution in [3.63, 3.8) is 0 Å². The molecular weight excluding hydrogens is 508 g/mol. The number of benzene rings is 1. The lowest BCUT2D eigenvalue weighted by Gasteiger charge is -2.40. The number of aliphatic imine (C=N–C) groups is 2. The molecule has 1 saturated carbocycles. The molecule has 1 spiro atoms. The number of para-hydroxylation sites is 1. The lowest BCUT2D eigenvalue weighted by molar-refractivity contribution is -0.137. The molecule has 1 unspecified atom stereocenters. The Morgan fingerprint density at radius 3 is 2.53 bits per heavy atom. The molecule has 5 atom stereocenters. The quantitative estimate of drug-likeness (QED) is 0.438. The van der Waals surface area contributed by atoms with Gasteiger partial charge in [-0.2, -0.15) is 4.99 Å². The molecule has 1 aromatic carbocycles. The van der Waals surface area contributed by atoms with Crippen molar-refractivity contribution in [1.29, 1.82) is 0 Å². The molecule has 11 nitrogen and oxygen atoms in total. The number of hydrogen-bond acceptors (Lipinski definition) is 9. The average Bonchev–Trinajstić information content (AvgIpc) is 3.55. The van der Waals surface area contributed by atoms with Crippen LogP contribution in [0.2, 0.25) is 0 Å². The number of guanidine groups is 1. The van der Waals surface area contributed by atoms with Gasteiger partial charge in [0.05, 0.1) is 27.8 Å². The Hall–Kier alpha value is -2.93. The van der Waals surface area contributed by atoms with Crippen molar-refractivity contribution in [2.24, 2.45) is 21.3 Å². The summed E-state index contributed by atoms with van der Waals surface area (Å²) in [6, 6.07) is 6.92. The highest BCUT2D eigenvalue weighted by molar-refractivity contribution is 7.18. The standard InChI is InChI=1S/C26H32N6O5S/c1-31-9-6-26(24(31)37)7-10-32(11-8-26)25-29-21(27-16-12-14(13-33)19(34)20(16)35)18(22(36)30-25)23-28-15-4-2-3-5-17(15)38-23/h2-5,14,16,18-20,33-35H,6-13H2,1H3,(H,27,29,30,36)/t14-,16-,18?,19-,20+/m1/s1. The van der Waals surface area contributed by atoms with Crippen molar-refractivity contribution >= 4 is 45.2 Å². The van der Waals surface area contributed by atoms with E-state index in [0.717, 1.165) is 23.2 Å². The maximum absolute atomic E-state index is 13.6. The van der Waals surface area contributed by atoms with Crippen LogP contribution in [-0.2, 0) is 9.59 Å². The van der Waals surface area contributed by atoms with E-state index >= 15 is 0 Å². The van der Waals surface area contributed by atoms with Gasteiger partial charge in [-0.25, -0.2) is 4.98 Å². The lowest BCUT2D eigenvalue weighted by atomic mass is 9.77. The number of carbonyl (C=O) groups is 2.